The summed E-state index contributed by atoms with van der Waals surface area (Å²) in [6.45, 7) is 4.07. The van der Waals surface area contributed by atoms with Crippen LogP contribution in [-0.2, 0) is 6.42 Å². The third-order valence-corrected chi connectivity index (χ3v) is 5.88. The van der Waals surface area contributed by atoms with Gasteiger partial charge in [0.05, 0.1) is 11.6 Å². The van der Waals surface area contributed by atoms with Crippen molar-refractivity contribution in [1.29, 1.82) is 5.26 Å². The molecule has 2 aromatic heterocycles. The highest BCUT2D eigenvalue weighted by molar-refractivity contribution is 6.10. The van der Waals surface area contributed by atoms with E-state index >= 15 is 0 Å². The molecule has 0 unspecified atom stereocenters. The summed E-state index contributed by atoms with van der Waals surface area (Å²) in [5.41, 5.74) is 3.87. The van der Waals surface area contributed by atoms with Crippen molar-refractivity contribution in [1.82, 2.24) is 19.9 Å². The lowest BCUT2D eigenvalue weighted by molar-refractivity contribution is 0.260. The Labute approximate surface area is 177 Å². The number of rotatable bonds is 4. The number of halogens is 2. The molecule has 1 N–H and O–H groups in total. The Balaban J connectivity index is 1.31. The maximum absolute atomic E-state index is 13.4. The number of aromatic amines is 1. The molecule has 8 heteroatoms. The number of nitrogens with zero attached hydrogens (tertiary/aromatic N) is 5. The highest BCUT2D eigenvalue weighted by Gasteiger charge is 2.22. The van der Waals surface area contributed by atoms with E-state index in [-0.39, 0.29) is 0 Å². The summed E-state index contributed by atoms with van der Waals surface area (Å²) in [7, 11) is 0. The maximum atomic E-state index is 13.4. The fraction of sp³-hybridized carbons (Fsp3) is 0.261. The average molecular weight is 418 g/mol. The lowest BCUT2D eigenvalue weighted by atomic mass is 10.1. The Morgan fingerprint density at radius 1 is 1.03 bits per heavy atom. The second-order valence-corrected chi connectivity index (χ2v) is 7.71. The normalized spacial score (nSPS) is 14.9. The zero-order valence-electron chi connectivity index (χ0n) is 16.8. The molecule has 0 aliphatic carbocycles. The van der Waals surface area contributed by atoms with E-state index in [0.717, 1.165) is 66.0 Å². The van der Waals surface area contributed by atoms with Gasteiger partial charge in [0.25, 0.3) is 0 Å². The first-order chi connectivity index (χ1) is 15.1. The van der Waals surface area contributed by atoms with Crippen LogP contribution < -0.4 is 4.90 Å². The van der Waals surface area contributed by atoms with Crippen LogP contribution in [-0.4, -0.2) is 52.6 Å². The molecule has 6 nitrogen and oxygen atoms in total. The van der Waals surface area contributed by atoms with Crippen LogP contribution in [0.3, 0.4) is 0 Å². The summed E-state index contributed by atoms with van der Waals surface area (Å²) >= 11 is 0. The monoisotopic (exact) mass is 418 g/mol. The first kappa shape index (κ1) is 19.4. The van der Waals surface area contributed by atoms with Crippen molar-refractivity contribution in [2.45, 2.75) is 6.42 Å². The molecule has 1 saturated heterocycles. The van der Waals surface area contributed by atoms with Crippen LogP contribution in [0.5, 0.6) is 0 Å². The van der Waals surface area contributed by atoms with Gasteiger partial charge in [-0.05, 0) is 36.2 Å². The van der Waals surface area contributed by atoms with Crippen LogP contribution in [0, 0.1) is 23.0 Å². The summed E-state index contributed by atoms with van der Waals surface area (Å²) in [6.07, 6.45) is 2.22. The van der Waals surface area contributed by atoms with Crippen LogP contribution in [0.25, 0.3) is 21.9 Å². The van der Waals surface area contributed by atoms with E-state index in [9.17, 15) is 14.0 Å². The molecule has 0 spiro atoms. The van der Waals surface area contributed by atoms with Crippen LogP contribution in [0.15, 0.2) is 42.7 Å². The largest absolute Gasteiger partial charge is 0.352 e. The SMILES string of the molecule is N#Cc1cccc2[nH]c3c(N4CCN(CCc5ccc(F)c(F)c5)CC4)ncnc3c12. The molecule has 1 aliphatic rings. The molecule has 1 aliphatic heterocycles. The summed E-state index contributed by atoms with van der Waals surface area (Å²) in [6, 6.07) is 11.9. The predicted octanol–water partition coefficient (Wildman–Crippen LogP) is 3.63. The molecular weight excluding hydrogens is 398 g/mol. The van der Waals surface area contributed by atoms with Gasteiger partial charge in [0.1, 0.15) is 17.4 Å². The van der Waals surface area contributed by atoms with Gasteiger partial charge in [-0.15, -0.1) is 0 Å². The number of H-pyrrole nitrogens is 1. The van der Waals surface area contributed by atoms with Gasteiger partial charge in [0, 0.05) is 43.6 Å². The highest BCUT2D eigenvalue weighted by Crippen LogP contribution is 2.31. The molecule has 1 fully saturated rings. The summed E-state index contributed by atoms with van der Waals surface area (Å²) < 4.78 is 26.5. The van der Waals surface area contributed by atoms with Gasteiger partial charge in [-0.2, -0.15) is 5.26 Å². The van der Waals surface area contributed by atoms with Crippen molar-refractivity contribution in [2.75, 3.05) is 37.6 Å². The summed E-state index contributed by atoms with van der Waals surface area (Å²) in [5.74, 6) is -0.772. The number of hydrogen-bond acceptors (Lipinski definition) is 5. The van der Waals surface area contributed by atoms with E-state index in [1.54, 1.807) is 18.5 Å². The molecule has 4 aromatic rings. The highest BCUT2D eigenvalue weighted by atomic mass is 19.2. The molecule has 31 heavy (non-hydrogen) atoms. The number of fused-ring (bicyclic) bond motifs is 3. The molecule has 0 atom stereocenters. The molecule has 0 radical (unpaired) electrons. The van der Waals surface area contributed by atoms with Crippen molar-refractivity contribution in [3.05, 3.63) is 65.5 Å². The predicted molar refractivity (Wildman–Crippen MR) is 115 cm³/mol. The van der Waals surface area contributed by atoms with Gasteiger partial charge in [0.15, 0.2) is 17.5 Å². The molecule has 2 aromatic carbocycles. The molecule has 0 bridgehead atoms. The zero-order valence-corrected chi connectivity index (χ0v) is 16.8. The molecule has 156 valence electrons. The van der Waals surface area contributed by atoms with Gasteiger partial charge >= 0.3 is 0 Å². The fourth-order valence-electron chi connectivity index (χ4n) is 4.23. The Morgan fingerprint density at radius 3 is 2.65 bits per heavy atom. The van der Waals surface area contributed by atoms with Crippen LogP contribution in [0.2, 0.25) is 0 Å². The Kier molecular flexibility index (Phi) is 4.96. The van der Waals surface area contributed by atoms with Gasteiger partial charge in [-0.1, -0.05) is 12.1 Å². The number of nitriles is 1. The van der Waals surface area contributed by atoms with Gasteiger partial charge in [-0.3, -0.25) is 4.90 Å². The van der Waals surface area contributed by atoms with Crippen molar-refractivity contribution in [3.8, 4) is 6.07 Å². The van der Waals surface area contributed by atoms with Crippen molar-refractivity contribution < 1.29 is 8.78 Å². The topological polar surface area (TPSA) is 71.8 Å². The van der Waals surface area contributed by atoms with E-state index in [2.05, 4.69) is 30.8 Å². The zero-order chi connectivity index (χ0) is 21.4. The second kappa shape index (κ2) is 7.93. The van der Waals surface area contributed by atoms with E-state index in [4.69, 9.17) is 0 Å². The summed E-state index contributed by atoms with van der Waals surface area (Å²) in [5, 5.41) is 10.3. The number of nitrogens with one attached hydrogen (secondary N) is 1. The minimum atomic E-state index is -0.813. The standard InChI is InChI=1S/C23H20F2N6/c24-17-5-4-15(12-18(17)25)6-7-30-8-10-31(11-9-30)23-22-21(27-14-28-23)20-16(13-26)2-1-3-19(20)29-22/h1-5,12,14,29H,6-11H2. The number of anilines is 1. The van der Waals surface area contributed by atoms with Crippen molar-refractivity contribution in [3.63, 3.8) is 0 Å². The third-order valence-electron chi connectivity index (χ3n) is 5.88. The lowest BCUT2D eigenvalue weighted by Crippen LogP contribution is -2.47. The summed E-state index contributed by atoms with van der Waals surface area (Å²) in [4.78, 5) is 16.9. The smallest absolute Gasteiger partial charge is 0.159 e. The average Bonchev–Trinajstić information content (AvgIpc) is 3.19. The van der Waals surface area contributed by atoms with E-state index < -0.39 is 11.6 Å². The molecular formula is C23H20F2N6. The number of benzene rings is 2. The van der Waals surface area contributed by atoms with Crippen LogP contribution in [0.4, 0.5) is 14.6 Å². The molecule has 0 saturated carbocycles. The van der Waals surface area contributed by atoms with E-state index in [0.29, 0.717) is 12.0 Å². The van der Waals surface area contributed by atoms with Crippen LogP contribution in [0.1, 0.15) is 11.1 Å². The number of aromatic nitrogens is 3. The van der Waals surface area contributed by atoms with E-state index in [1.807, 2.05) is 12.1 Å². The minimum Gasteiger partial charge on any atom is -0.352 e. The van der Waals surface area contributed by atoms with Gasteiger partial charge in [-0.25, -0.2) is 18.7 Å². The Hall–Kier alpha value is -3.57. The first-order valence-electron chi connectivity index (χ1n) is 10.2. The maximum Gasteiger partial charge on any atom is 0.159 e. The van der Waals surface area contributed by atoms with E-state index in [1.165, 1.54) is 12.1 Å². The third kappa shape index (κ3) is 3.57. The lowest BCUT2D eigenvalue weighted by Gasteiger charge is -2.35. The quantitative estimate of drug-likeness (QED) is 0.548. The Morgan fingerprint density at radius 2 is 1.87 bits per heavy atom. The number of piperazine rings is 1. The molecule has 3 heterocycles. The van der Waals surface area contributed by atoms with Gasteiger partial charge in [0.2, 0.25) is 0 Å². The minimum absolute atomic E-state index is 0.593. The van der Waals surface area contributed by atoms with Crippen LogP contribution >= 0.6 is 0 Å². The second-order valence-electron chi connectivity index (χ2n) is 7.71. The van der Waals surface area contributed by atoms with Crippen molar-refractivity contribution in [2.24, 2.45) is 0 Å². The van der Waals surface area contributed by atoms with Crippen molar-refractivity contribution >= 4 is 27.8 Å². The molecule has 5 rings (SSSR count). The van der Waals surface area contributed by atoms with Gasteiger partial charge < -0.3 is 9.88 Å². The number of hydrogen-bond donors (Lipinski definition) is 1. The fourth-order valence-corrected chi connectivity index (χ4v) is 4.23. The Bertz CT molecular complexity index is 1300. The molecule has 0 amide bonds. The first-order valence-corrected chi connectivity index (χ1v) is 10.2.